The van der Waals surface area contributed by atoms with Gasteiger partial charge in [-0.05, 0) is 24.1 Å². The van der Waals surface area contributed by atoms with Crippen molar-refractivity contribution < 1.29 is 14.6 Å². The summed E-state index contributed by atoms with van der Waals surface area (Å²) < 4.78 is 4.84. The number of carbonyl (C=O) groups is 1. The first kappa shape index (κ1) is 13.6. The number of benzene rings is 1. The third-order valence-corrected chi connectivity index (χ3v) is 2.81. The summed E-state index contributed by atoms with van der Waals surface area (Å²) in [6.07, 6.45) is 0.0120. The van der Waals surface area contributed by atoms with Gasteiger partial charge in [-0.1, -0.05) is 6.07 Å². The van der Waals surface area contributed by atoms with Crippen molar-refractivity contribution in [3.63, 3.8) is 0 Å². The van der Waals surface area contributed by atoms with Crippen LogP contribution >= 0.6 is 12.6 Å². The summed E-state index contributed by atoms with van der Waals surface area (Å²) in [6, 6.07) is 5.17. The molecule has 0 fully saturated rings. The molecule has 0 spiro atoms. The van der Waals surface area contributed by atoms with Crippen LogP contribution in [0.2, 0.25) is 0 Å². The lowest BCUT2D eigenvalue weighted by Crippen LogP contribution is -2.10. The van der Waals surface area contributed by atoms with E-state index >= 15 is 0 Å². The van der Waals surface area contributed by atoms with E-state index in [1.165, 1.54) is 0 Å². The molecule has 0 aliphatic heterocycles. The van der Waals surface area contributed by atoms with Gasteiger partial charge in [-0.3, -0.25) is 4.79 Å². The first-order chi connectivity index (χ1) is 8.13. The Bertz CT molecular complexity index is 466. The number of carbonyl (C=O) groups excluding carboxylic acids is 1. The molecule has 1 aromatic carbocycles. The van der Waals surface area contributed by atoms with E-state index in [2.05, 4.69) is 12.6 Å². The van der Waals surface area contributed by atoms with Crippen LogP contribution in [0.5, 0.6) is 0 Å². The zero-order chi connectivity index (χ0) is 12.8. The quantitative estimate of drug-likeness (QED) is 0.627. The van der Waals surface area contributed by atoms with Gasteiger partial charge in [-0.25, -0.2) is 0 Å². The van der Waals surface area contributed by atoms with Crippen LogP contribution in [-0.4, -0.2) is 17.7 Å². The molecule has 1 rings (SSSR count). The van der Waals surface area contributed by atoms with Crippen molar-refractivity contribution in [2.75, 3.05) is 6.61 Å². The SMILES string of the molecule is CCOC(=O)Cc1c(CO)ccc(C#N)c1S. The van der Waals surface area contributed by atoms with E-state index in [-0.39, 0.29) is 13.0 Å². The fraction of sp³-hybridized carbons (Fsp3) is 0.333. The molecule has 0 saturated heterocycles. The smallest absolute Gasteiger partial charge is 0.310 e. The van der Waals surface area contributed by atoms with Crippen LogP contribution in [0, 0.1) is 11.3 Å². The lowest BCUT2D eigenvalue weighted by atomic mass is 10.0. The van der Waals surface area contributed by atoms with Crippen molar-refractivity contribution in [2.45, 2.75) is 24.8 Å². The highest BCUT2D eigenvalue weighted by molar-refractivity contribution is 7.80. The highest BCUT2D eigenvalue weighted by Gasteiger charge is 2.14. The van der Waals surface area contributed by atoms with Gasteiger partial charge in [-0.15, -0.1) is 12.6 Å². The Balaban J connectivity index is 3.11. The van der Waals surface area contributed by atoms with E-state index in [4.69, 9.17) is 10.00 Å². The summed E-state index contributed by atoms with van der Waals surface area (Å²) in [5, 5.41) is 18.0. The minimum absolute atomic E-state index is 0.0120. The lowest BCUT2D eigenvalue weighted by Gasteiger charge is -2.11. The van der Waals surface area contributed by atoms with Gasteiger partial charge in [0.2, 0.25) is 0 Å². The Kier molecular flexibility index (Phi) is 5.01. The number of esters is 1. The Hall–Kier alpha value is -1.51. The molecule has 1 aromatic rings. The van der Waals surface area contributed by atoms with Gasteiger partial charge in [0.1, 0.15) is 6.07 Å². The van der Waals surface area contributed by atoms with Gasteiger partial charge in [0.05, 0.1) is 25.2 Å². The highest BCUT2D eigenvalue weighted by atomic mass is 32.1. The van der Waals surface area contributed by atoms with Crippen LogP contribution in [0.15, 0.2) is 17.0 Å². The molecule has 0 unspecified atom stereocenters. The number of aliphatic hydroxyl groups excluding tert-OH is 1. The summed E-state index contributed by atoms with van der Waals surface area (Å²) in [6.45, 7) is 1.82. The molecule has 0 bridgehead atoms. The van der Waals surface area contributed by atoms with Crippen LogP contribution in [0.3, 0.4) is 0 Å². The highest BCUT2D eigenvalue weighted by Crippen LogP contribution is 2.23. The summed E-state index contributed by atoms with van der Waals surface area (Å²) >= 11 is 4.22. The van der Waals surface area contributed by atoms with Gasteiger partial charge in [0, 0.05) is 4.90 Å². The van der Waals surface area contributed by atoms with Crippen LogP contribution in [0.4, 0.5) is 0 Å². The van der Waals surface area contributed by atoms with E-state index in [0.717, 1.165) is 0 Å². The Morgan fingerprint density at radius 3 is 2.82 bits per heavy atom. The molecule has 1 N–H and O–H groups in total. The maximum atomic E-state index is 11.4. The topological polar surface area (TPSA) is 70.3 Å². The van der Waals surface area contributed by atoms with Crippen molar-refractivity contribution in [3.05, 3.63) is 28.8 Å². The Morgan fingerprint density at radius 2 is 2.29 bits per heavy atom. The van der Waals surface area contributed by atoms with Crippen LogP contribution in [0.25, 0.3) is 0 Å². The van der Waals surface area contributed by atoms with Crippen molar-refractivity contribution in [1.29, 1.82) is 5.26 Å². The predicted molar refractivity (Wildman–Crippen MR) is 64.7 cm³/mol. The van der Waals surface area contributed by atoms with Crippen molar-refractivity contribution in [2.24, 2.45) is 0 Å². The number of aliphatic hydroxyl groups is 1. The monoisotopic (exact) mass is 251 g/mol. The number of rotatable bonds is 4. The molecule has 0 atom stereocenters. The second kappa shape index (κ2) is 6.28. The average molecular weight is 251 g/mol. The predicted octanol–water partition coefficient (Wildman–Crippen LogP) is 1.44. The van der Waals surface area contributed by atoms with Gasteiger partial charge in [0.25, 0.3) is 0 Å². The minimum atomic E-state index is -0.396. The number of thiol groups is 1. The van der Waals surface area contributed by atoms with Gasteiger partial charge >= 0.3 is 5.97 Å². The van der Waals surface area contributed by atoms with Gasteiger partial charge in [0.15, 0.2) is 0 Å². The van der Waals surface area contributed by atoms with Crippen LogP contribution in [-0.2, 0) is 22.6 Å². The molecule has 0 saturated carbocycles. The molecule has 0 aliphatic rings. The molecule has 0 amide bonds. The standard InChI is InChI=1S/C12H13NO3S/c1-2-16-11(15)5-10-9(7-14)4-3-8(6-13)12(10)17/h3-4,14,17H,2,5,7H2,1H3. The first-order valence-electron chi connectivity index (χ1n) is 5.14. The van der Waals surface area contributed by atoms with Crippen molar-refractivity contribution in [3.8, 4) is 6.07 Å². The third kappa shape index (κ3) is 3.22. The van der Waals surface area contributed by atoms with E-state index < -0.39 is 5.97 Å². The molecule has 5 heteroatoms. The second-order valence-electron chi connectivity index (χ2n) is 3.35. The van der Waals surface area contributed by atoms with E-state index in [1.807, 2.05) is 6.07 Å². The van der Waals surface area contributed by atoms with E-state index in [9.17, 15) is 9.90 Å². The number of nitrogens with zero attached hydrogens (tertiary/aromatic N) is 1. The van der Waals surface area contributed by atoms with E-state index in [0.29, 0.717) is 28.2 Å². The molecule has 0 radical (unpaired) electrons. The fourth-order valence-corrected chi connectivity index (χ4v) is 1.82. The average Bonchev–Trinajstić information content (AvgIpc) is 2.32. The number of hydrogen-bond acceptors (Lipinski definition) is 5. The van der Waals surface area contributed by atoms with Gasteiger partial charge in [-0.2, -0.15) is 5.26 Å². The number of ether oxygens (including phenoxy) is 1. The molecular formula is C12H13NO3S. The summed E-state index contributed by atoms with van der Waals surface area (Å²) in [5.41, 5.74) is 1.51. The first-order valence-corrected chi connectivity index (χ1v) is 5.59. The third-order valence-electron chi connectivity index (χ3n) is 2.30. The normalized spacial score (nSPS) is 9.76. The Labute approximate surface area is 105 Å². The molecule has 17 heavy (non-hydrogen) atoms. The zero-order valence-corrected chi connectivity index (χ0v) is 10.3. The second-order valence-corrected chi connectivity index (χ2v) is 3.80. The van der Waals surface area contributed by atoms with Crippen LogP contribution < -0.4 is 0 Å². The van der Waals surface area contributed by atoms with Crippen molar-refractivity contribution in [1.82, 2.24) is 0 Å². The van der Waals surface area contributed by atoms with Gasteiger partial charge < -0.3 is 9.84 Å². The molecule has 0 aliphatic carbocycles. The number of hydrogen-bond donors (Lipinski definition) is 2. The molecule has 0 aromatic heterocycles. The maximum Gasteiger partial charge on any atom is 0.310 e. The largest absolute Gasteiger partial charge is 0.466 e. The molecule has 90 valence electrons. The zero-order valence-electron chi connectivity index (χ0n) is 9.43. The summed E-state index contributed by atoms with van der Waals surface area (Å²) in [4.78, 5) is 11.8. The summed E-state index contributed by atoms with van der Waals surface area (Å²) in [5.74, 6) is -0.396. The lowest BCUT2D eigenvalue weighted by molar-refractivity contribution is -0.142. The van der Waals surface area contributed by atoms with Crippen LogP contribution in [0.1, 0.15) is 23.6 Å². The molecule has 4 nitrogen and oxygen atoms in total. The molecular weight excluding hydrogens is 238 g/mol. The summed E-state index contributed by atoms with van der Waals surface area (Å²) in [7, 11) is 0. The fourth-order valence-electron chi connectivity index (χ4n) is 1.47. The molecule has 0 heterocycles. The maximum absolute atomic E-state index is 11.4. The van der Waals surface area contributed by atoms with Crippen molar-refractivity contribution >= 4 is 18.6 Å². The Morgan fingerprint density at radius 1 is 1.59 bits per heavy atom. The minimum Gasteiger partial charge on any atom is -0.466 e. The van der Waals surface area contributed by atoms with E-state index in [1.54, 1.807) is 19.1 Å². The number of nitriles is 1.